The number of carbonyl (C=O) groups excluding carboxylic acids is 1. The van der Waals surface area contributed by atoms with E-state index in [9.17, 15) is 13.2 Å². The molecule has 3 rings (SSSR count). The summed E-state index contributed by atoms with van der Waals surface area (Å²) in [6.07, 6.45) is 4.65. The maximum Gasteiger partial charge on any atom is 0.409 e. The first kappa shape index (κ1) is 24.2. The van der Waals surface area contributed by atoms with Crippen molar-refractivity contribution >= 4 is 15.9 Å². The third-order valence-electron chi connectivity index (χ3n) is 5.74. The quantitative estimate of drug-likeness (QED) is 0.626. The van der Waals surface area contributed by atoms with Crippen LogP contribution in [0.4, 0.5) is 4.79 Å². The van der Waals surface area contributed by atoms with Gasteiger partial charge in [0.2, 0.25) is 0 Å². The van der Waals surface area contributed by atoms with E-state index in [4.69, 9.17) is 4.74 Å². The number of rotatable bonds is 7. The summed E-state index contributed by atoms with van der Waals surface area (Å²) in [4.78, 5) is 21.1. The van der Waals surface area contributed by atoms with E-state index in [1.54, 1.807) is 29.2 Å². The molecule has 1 fully saturated rings. The zero-order chi connectivity index (χ0) is 23.3. The minimum Gasteiger partial charge on any atom is -0.449 e. The number of ether oxygens (including phenoxy) is 1. The van der Waals surface area contributed by atoms with Crippen molar-refractivity contribution in [3.63, 3.8) is 0 Å². The lowest BCUT2D eigenvalue weighted by atomic mass is 10.0. The predicted octanol–water partition coefficient (Wildman–Crippen LogP) is 3.84. The summed E-state index contributed by atoms with van der Waals surface area (Å²) >= 11 is 0. The first-order valence-electron chi connectivity index (χ1n) is 11.0. The number of pyridine rings is 1. The molecule has 1 amide bonds. The number of piperidine rings is 1. The van der Waals surface area contributed by atoms with Gasteiger partial charge in [0.1, 0.15) is 0 Å². The first-order chi connectivity index (χ1) is 15.1. The number of amides is 1. The molecule has 0 radical (unpaired) electrons. The Morgan fingerprint density at radius 1 is 1.12 bits per heavy atom. The number of hydrogen-bond donors (Lipinski definition) is 0. The monoisotopic (exact) mass is 459 g/mol. The van der Waals surface area contributed by atoms with Crippen LogP contribution in [0.15, 0.2) is 47.5 Å². The lowest BCUT2D eigenvalue weighted by molar-refractivity contribution is 0.0691. The van der Waals surface area contributed by atoms with Gasteiger partial charge >= 0.3 is 6.09 Å². The second-order valence-electron chi connectivity index (χ2n) is 8.94. The standard InChI is InChI=1S/C24H33N3O4S/c1-18(2)17-31-24(28)27-13-11-22(12-14-27)26(3)16-21-8-5-20(15-25-21)19-6-9-23(10-7-19)32(4,29)30/h5-10,15,18,22H,11-14,16-17H2,1-4H3. The van der Waals surface area contributed by atoms with E-state index in [2.05, 4.69) is 16.9 Å². The van der Waals surface area contributed by atoms with Crippen molar-refractivity contribution in [2.75, 3.05) is 33.0 Å². The van der Waals surface area contributed by atoms with Crippen LogP contribution in [-0.2, 0) is 21.1 Å². The van der Waals surface area contributed by atoms with E-state index in [1.807, 2.05) is 32.2 Å². The lowest BCUT2D eigenvalue weighted by Crippen LogP contribution is -2.45. The largest absolute Gasteiger partial charge is 0.449 e. The predicted molar refractivity (Wildman–Crippen MR) is 125 cm³/mol. The van der Waals surface area contributed by atoms with Crippen molar-refractivity contribution in [2.45, 2.75) is 44.2 Å². The van der Waals surface area contributed by atoms with Crippen LogP contribution in [0.5, 0.6) is 0 Å². The van der Waals surface area contributed by atoms with E-state index in [1.165, 1.54) is 6.26 Å². The molecule has 0 unspecified atom stereocenters. The number of aromatic nitrogens is 1. The molecular formula is C24H33N3O4S. The van der Waals surface area contributed by atoms with Crippen LogP contribution in [0, 0.1) is 5.92 Å². The zero-order valence-electron chi connectivity index (χ0n) is 19.3. The van der Waals surface area contributed by atoms with E-state index in [-0.39, 0.29) is 6.09 Å². The highest BCUT2D eigenvalue weighted by Crippen LogP contribution is 2.22. The maximum absolute atomic E-state index is 12.1. The van der Waals surface area contributed by atoms with Crippen LogP contribution in [0.3, 0.4) is 0 Å². The molecule has 32 heavy (non-hydrogen) atoms. The molecule has 1 aliphatic heterocycles. The Morgan fingerprint density at radius 2 is 1.75 bits per heavy atom. The Bertz CT molecular complexity index is 997. The Morgan fingerprint density at radius 3 is 2.28 bits per heavy atom. The van der Waals surface area contributed by atoms with Crippen molar-refractivity contribution in [3.05, 3.63) is 48.3 Å². The smallest absolute Gasteiger partial charge is 0.409 e. The Balaban J connectivity index is 1.52. The minimum absolute atomic E-state index is 0.207. The minimum atomic E-state index is -3.20. The van der Waals surface area contributed by atoms with Gasteiger partial charge in [-0.25, -0.2) is 13.2 Å². The molecule has 0 N–H and O–H groups in total. The molecule has 0 atom stereocenters. The molecular weight excluding hydrogens is 426 g/mol. The third-order valence-corrected chi connectivity index (χ3v) is 6.87. The summed E-state index contributed by atoms with van der Waals surface area (Å²) in [7, 11) is -1.10. The fourth-order valence-corrected chi connectivity index (χ4v) is 4.42. The third kappa shape index (κ3) is 6.53. The summed E-state index contributed by atoms with van der Waals surface area (Å²) < 4.78 is 28.6. The molecule has 174 valence electrons. The SMILES string of the molecule is CC(C)COC(=O)N1CCC(N(C)Cc2ccc(-c3ccc(S(C)(=O)=O)cc3)cn2)CC1. The molecule has 0 bridgehead atoms. The zero-order valence-corrected chi connectivity index (χ0v) is 20.1. The molecule has 8 heteroatoms. The second-order valence-corrected chi connectivity index (χ2v) is 11.0. The molecule has 7 nitrogen and oxygen atoms in total. The van der Waals surface area contributed by atoms with Crippen molar-refractivity contribution in [2.24, 2.45) is 5.92 Å². The summed E-state index contributed by atoms with van der Waals surface area (Å²) in [6.45, 7) is 6.68. The summed E-state index contributed by atoms with van der Waals surface area (Å²) in [5.74, 6) is 0.341. The van der Waals surface area contributed by atoms with Gasteiger partial charge in [0.15, 0.2) is 9.84 Å². The fourth-order valence-electron chi connectivity index (χ4n) is 3.79. The average molecular weight is 460 g/mol. The second kappa shape index (κ2) is 10.4. The number of benzene rings is 1. The van der Waals surface area contributed by atoms with Crippen LogP contribution in [-0.4, -0.2) is 68.3 Å². The number of sulfone groups is 1. The van der Waals surface area contributed by atoms with Gasteiger partial charge in [0, 0.05) is 43.7 Å². The highest BCUT2D eigenvalue weighted by atomic mass is 32.2. The van der Waals surface area contributed by atoms with Gasteiger partial charge < -0.3 is 9.64 Å². The van der Waals surface area contributed by atoms with Crippen molar-refractivity contribution in [3.8, 4) is 11.1 Å². The number of nitrogens with zero attached hydrogens (tertiary/aromatic N) is 3. The molecule has 1 aromatic carbocycles. The van der Waals surface area contributed by atoms with Crippen molar-refractivity contribution in [1.29, 1.82) is 0 Å². The Kier molecular flexibility index (Phi) is 7.90. The topological polar surface area (TPSA) is 79.8 Å². The fraction of sp³-hybridized carbons (Fsp3) is 0.500. The molecule has 1 aliphatic rings. The van der Waals surface area contributed by atoms with Crippen molar-refractivity contribution < 1.29 is 17.9 Å². The normalized spacial score (nSPS) is 15.4. The van der Waals surface area contributed by atoms with Crippen LogP contribution in [0.1, 0.15) is 32.4 Å². The average Bonchev–Trinajstić information content (AvgIpc) is 2.77. The van der Waals surface area contributed by atoms with Gasteiger partial charge in [-0.1, -0.05) is 32.0 Å². The Hall–Kier alpha value is -2.45. The molecule has 0 aliphatic carbocycles. The van der Waals surface area contributed by atoms with Gasteiger partial charge in [-0.15, -0.1) is 0 Å². The number of hydrogen-bond acceptors (Lipinski definition) is 6. The van der Waals surface area contributed by atoms with Crippen LogP contribution < -0.4 is 0 Å². The van der Waals surface area contributed by atoms with Gasteiger partial charge in [0.25, 0.3) is 0 Å². The number of likely N-dealkylation sites (tertiary alicyclic amines) is 1. The molecule has 1 aromatic heterocycles. The van der Waals surface area contributed by atoms with E-state index >= 15 is 0 Å². The van der Waals surface area contributed by atoms with E-state index < -0.39 is 9.84 Å². The summed E-state index contributed by atoms with van der Waals surface area (Å²) in [6, 6.07) is 11.3. The highest BCUT2D eigenvalue weighted by Gasteiger charge is 2.26. The molecule has 2 aromatic rings. The summed E-state index contributed by atoms with van der Waals surface area (Å²) in [5.41, 5.74) is 2.86. The molecule has 0 spiro atoms. The van der Waals surface area contributed by atoms with E-state index in [0.29, 0.717) is 36.6 Å². The first-order valence-corrected chi connectivity index (χ1v) is 12.9. The van der Waals surface area contributed by atoms with Crippen LogP contribution in [0.2, 0.25) is 0 Å². The van der Waals surface area contributed by atoms with Gasteiger partial charge in [-0.3, -0.25) is 9.88 Å². The van der Waals surface area contributed by atoms with Gasteiger partial charge in [-0.2, -0.15) is 0 Å². The van der Waals surface area contributed by atoms with Crippen LogP contribution in [0.25, 0.3) is 11.1 Å². The summed E-state index contributed by atoms with van der Waals surface area (Å²) in [5, 5.41) is 0. The maximum atomic E-state index is 12.1. The molecule has 0 saturated carbocycles. The van der Waals surface area contributed by atoms with Gasteiger partial charge in [0.05, 0.1) is 17.2 Å². The van der Waals surface area contributed by atoms with Crippen molar-refractivity contribution in [1.82, 2.24) is 14.8 Å². The lowest BCUT2D eigenvalue weighted by Gasteiger charge is -2.36. The van der Waals surface area contributed by atoms with Gasteiger partial charge in [-0.05, 0) is 49.6 Å². The molecule has 1 saturated heterocycles. The van der Waals surface area contributed by atoms with Crippen LogP contribution >= 0.6 is 0 Å². The molecule has 2 heterocycles. The Labute approximate surface area is 191 Å². The highest BCUT2D eigenvalue weighted by molar-refractivity contribution is 7.90. The van der Waals surface area contributed by atoms with E-state index in [0.717, 1.165) is 36.2 Å². The number of carbonyl (C=O) groups is 1.